The molecule has 0 saturated heterocycles. The van der Waals surface area contributed by atoms with E-state index in [9.17, 15) is 26.1 Å². The van der Waals surface area contributed by atoms with Crippen LogP contribution in [0.1, 0.15) is 18.1 Å². The number of benzene rings is 1. The first-order valence-electron chi connectivity index (χ1n) is 7.64. The van der Waals surface area contributed by atoms with Crippen molar-refractivity contribution in [3.8, 4) is 11.5 Å². The van der Waals surface area contributed by atoms with Crippen molar-refractivity contribution in [1.29, 1.82) is 0 Å². The Morgan fingerprint density at radius 2 is 1.96 bits per heavy atom. The molecule has 0 unspecified atom stereocenters. The Kier molecular flexibility index (Phi) is 4.81. The number of aromatic nitrogens is 3. The molecule has 0 saturated carbocycles. The van der Waals surface area contributed by atoms with Crippen LogP contribution in [0.15, 0.2) is 33.8 Å². The summed E-state index contributed by atoms with van der Waals surface area (Å²) in [5.74, 6) is 0.187. The van der Waals surface area contributed by atoms with Gasteiger partial charge in [-0.2, -0.15) is 21.6 Å². The summed E-state index contributed by atoms with van der Waals surface area (Å²) in [4.78, 5) is 8.09. The van der Waals surface area contributed by atoms with Crippen LogP contribution in [0.3, 0.4) is 0 Å². The van der Waals surface area contributed by atoms with Crippen LogP contribution in [0.25, 0.3) is 22.6 Å². The molecule has 0 amide bonds. The Balaban J connectivity index is 2.34. The van der Waals surface area contributed by atoms with Gasteiger partial charge in [0.15, 0.2) is 5.82 Å². The largest absolute Gasteiger partial charge is 0.416 e. The lowest BCUT2D eigenvalue weighted by molar-refractivity contribution is -0.137. The minimum atomic E-state index is -4.54. The van der Waals surface area contributed by atoms with Crippen LogP contribution in [-0.2, 0) is 29.8 Å². The van der Waals surface area contributed by atoms with Gasteiger partial charge in [0.25, 0.3) is 10.1 Å². The molecule has 0 aliphatic carbocycles. The first-order valence-corrected chi connectivity index (χ1v) is 9.87. The SMILES string of the molecule is CCc1c(S(=O)(=O)O)ccnc1-c1nc2cc(C(F)(F)F)cc(Br)c2n1C. The molecule has 2 heterocycles. The average Bonchev–Trinajstić information content (AvgIpc) is 2.89. The number of hydrogen-bond donors (Lipinski definition) is 1. The molecule has 0 aliphatic rings. The molecule has 3 aromatic rings. The summed E-state index contributed by atoms with van der Waals surface area (Å²) < 4.78 is 73.6. The Hall–Kier alpha value is -1.98. The van der Waals surface area contributed by atoms with Crippen molar-refractivity contribution >= 4 is 37.1 Å². The summed E-state index contributed by atoms with van der Waals surface area (Å²) in [6, 6.07) is 3.04. The molecule has 0 aliphatic heterocycles. The Labute approximate surface area is 160 Å². The number of aryl methyl sites for hydroxylation is 1. The fraction of sp³-hybridized carbons (Fsp3) is 0.250. The third-order valence-electron chi connectivity index (χ3n) is 4.11. The average molecular weight is 464 g/mol. The number of nitrogens with zero attached hydrogens (tertiary/aromatic N) is 3. The van der Waals surface area contributed by atoms with Crippen LogP contribution < -0.4 is 0 Å². The van der Waals surface area contributed by atoms with E-state index in [1.54, 1.807) is 14.0 Å². The van der Waals surface area contributed by atoms with Gasteiger partial charge in [-0.15, -0.1) is 0 Å². The van der Waals surface area contributed by atoms with E-state index in [0.717, 1.165) is 18.2 Å². The second-order valence-corrected chi connectivity index (χ2v) is 8.03. The van der Waals surface area contributed by atoms with Crippen molar-refractivity contribution in [3.05, 3.63) is 40.0 Å². The molecule has 2 aromatic heterocycles. The second kappa shape index (κ2) is 6.57. The fourth-order valence-corrected chi connectivity index (χ4v) is 4.42. The van der Waals surface area contributed by atoms with Crippen molar-refractivity contribution in [3.63, 3.8) is 0 Å². The predicted octanol–water partition coefficient (Wildman–Crippen LogP) is 4.23. The quantitative estimate of drug-likeness (QED) is 0.587. The number of alkyl halides is 3. The Bertz CT molecular complexity index is 1160. The number of halogens is 4. The Morgan fingerprint density at radius 3 is 2.52 bits per heavy atom. The highest BCUT2D eigenvalue weighted by Crippen LogP contribution is 2.37. The smallest absolute Gasteiger partial charge is 0.325 e. The van der Waals surface area contributed by atoms with Gasteiger partial charge in [-0.1, -0.05) is 6.92 Å². The molecule has 0 bridgehead atoms. The van der Waals surface area contributed by atoms with E-state index in [0.29, 0.717) is 5.52 Å². The van der Waals surface area contributed by atoms with Gasteiger partial charge in [0.2, 0.25) is 0 Å². The Morgan fingerprint density at radius 1 is 1.30 bits per heavy atom. The predicted molar refractivity (Wildman–Crippen MR) is 95.8 cm³/mol. The zero-order chi connectivity index (χ0) is 20.1. The molecule has 0 atom stereocenters. The summed E-state index contributed by atoms with van der Waals surface area (Å²) in [5, 5.41) is 0. The number of pyridine rings is 1. The first-order chi connectivity index (χ1) is 12.4. The van der Waals surface area contributed by atoms with Crippen molar-refractivity contribution < 1.29 is 26.1 Å². The van der Waals surface area contributed by atoms with E-state index in [2.05, 4.69) is 25.9 Å². The molecular formula is C16H13BrF3N3O3S. The van der Waals surface area contributed by atoms with Crippen LogP contribution >= 0.6 is 15.9 Å². The van der Waals surface area contributed by atoms with Crippen molar-refractivity contribution in [2.45, 2.75) is 24.4 Å². The molecule has 11 heteroatoms. The lowest BCUT2D eigenvalue weighted by Gasteiger charge is -2.11. The van der Waals surface area contributed by atoms with E-state index in [-0.39, 0.29) is 38.4 Å². The highest BCUT2D eigenvalue weighted by atomic mass is 79.9. The van der Waals surface area contributed by atoms with Gasteiger partial charge in [-0.25, -0.2) is 4.98 Å². The third-order valence-corrected chi connectivity index (χ3v) is 5.65. The van der Waals surface area contributed by atoms with Crippen molar-refractivity contribution in [2.75, 3.05) is 0 Å². The van der Waals surface area contributed by atoms with Crippen LogP contribution in [0.4, 0.5) is 13.2 Å². The number of fused-ring (bicyclic) bond motifs is 1. The van der Waals surface area contributed by atoms with Crippen LogP contribution in [-0.4, -0.2) is 27.5 Å². The lowest BCUT2D eigenvalue weighted by Crippen LogP contribution is -2.07. The first kappa shape index (κ1) is 19.8. The highest BCUT2D eigenvalue weighted by Gasteiger charge is 2.32. The summed E-state index contributed by atoms with van der Waals surface area (Å²) in [6.45, 7) is 1.68. The van der Waals surface area contributed by atoms with Gasteiger partial charge in [0.1, 0.15) is 10.6 Å². The molecule has 0 spiro atoms. The van der Waals surface area contributed by atoms with Crippen LogP contribution in [0, 0.1) is 0 Å². The van der Waals surface area contributed by atoms with E-state index in [4.69, 9.17) is 0 Å². The molecule has 0 fully saturated rings. The summed E-state index contributed by atoms with van der Waals surface area (Å²) >= 11 is 3.14. The minimum absolute atomic E-state index is 0.0790. The van der Waals surface area contributed by atoms with Gasteiger partial charge in [-0.3, -0.25) is 9.54 Å². The maximum atomic E-state index is 13.1. The van der Waals surface area contributed by atoms with Crippen molar-refractivity contribution in [1.82, 2.24) is 14.5 Å². The minimum Gasteiger partial charge on any atom is -0.325 e. The molecule has 144 valence electrons. The van der Waals surface area contributed by atoms with Gasteiger partial charge in [0, 0.05) is 23.3 Å². The van der Waals surface area contributed by atoms with Gasteiger partial charge >= 0.3 is 6.18 Å². The zero-order valence-electron chi connectivity index (χ0n) is 14.0. The maximum Gasteiger partial charge on any atom is 0.416 e. The number of rotatable bonds is 3. The summed E-state index contributed by atoms with van der Waals surface area (Å²) in [7, 11) is -2.90. The van der Waals surface area contributed by atoms with E-state index < -0.39 is 21.9 Å². The molecule has 1 N–H and O–H groups in total. The van der Waals surface area contributed by atoms with Crippen LogP contribution in [0.2, 0.25) is 0 Å². The topological polar surface area (TPSA) is 85.1 Å². The van der Waals surface area contributed by atoms with E-state index in [1.165, 1.54) is 10.8 Å². The second-order valence-electron chi connectivity index (χ2n) is 5.78. The molecule has 27 heavy (non-hydrogen) atoms. The highest BCUT2D eigenvalue weighted by molar-refractivity contribution is 9.10. The van der Waals surface area contributed by atoms with E-state index in [1.807, 2.05) is 0 Å². The normalized spacial score (nSPS) is 12.7. The maximum absolute atomic E-state index is 13.1. The zero-order valence-corrected chi connectivity index (χ0v) is 16.4. The standard InChI is InChI=1S/C16H13BrF3N3O3S/c1-3-9-12(27(24,25)26)4-5-21-13(9)15-22-11-7-8(16(18,19)20)6-10(17)14(11)23(15)2/h4-7H,3H2,1-2H3,(H,24,25,26). The molecular weight excluding hydrogens is 451 g/mol. The van der Waals surface area contributed by atoms with Crippen molar-refractivity contribution in [2.24, 2.45) is 7.05 Å². The number of imidazole rings is 1. The summed E-state index contributed by atoms with van der Waals surface area (Å²) in [5.41, 5.74) is 0.0219. The lowest BCUT2D eigenvalue weighted by atomic mass is 10.1. The number of hydrogen-bond acceptors (Lipinski definition) is 4. The van der Waals surface area contributed by atoms with Gasteiger partial charge in [0.05, 0.1) is 16.6 Å². The van der Waals surface area contributed by atoms with Gasteiger partial charge < -0.3 is 4.57 Å². The molecule has 1 aromatic carbocycles. The van der Waals surface area contributed by atoms with Gasteiger partial charge in [-0.05, 0) is 40.5 Å². The summed E-state index contributed by atoms with van der Waals surface area (Å²) in [6.07, 6.45) is -3.12. The molecule has 0 radical (unpaired) electrons. The molecule has 6 nitrogen and oxygen atoms in total. The third kappa shape index (κ3) is 3.46. The van der Waals surface area contributed by atoms with E-state index >= 15 is 0 Å². The monoisotopic (exact) mass is 463 g/mol. The fourth-order valence-electron chi connectivity index (χ4n) is 2.92. The molecule has 3 rings (SSSR count). The van der Waals surface area contributed by atoms with Crippen LogP contribution in [0.5, 0.6) is 0 Å².